The zero-order valence-corrected chi connectivity index (χ0v) is 18.5. The summed E-state index contributed by atoms with van der Waals surface area (Å²) in [4.78, 5) is 24.6. The number of fused-ring (bicyclic) bond motifs is 2. The molecule has 0 saturated carbocycles. The molecule has 0 atom stereocenters. The Labute approximate surface area is 189 Å². The van der Waals surface area contributed by atoms with Gasteiger partial charge in [0.05, 0.1) is 16.8 Å². The third-order valence-electron chi connectivity index (χ3n) is 6.06. The zero-order valence-electron chi connectivity index (χ0n) is 18.5. The van der Waals surface area contributed by atoms with Crippen molar-refractivity contribution >= 4 is 16.9 Å². The third kappa shape index (κ3) is 4.26. The summed E-state index contributed by atoms with van der Waals surface area (Å²) in [5.74, 6) is 0.863. The average molecular weight is 445 g/mol. The van der Waals surface area contributed by atoms with Crippen LogP contribution in [0.4, 0.5) is 0 Å². The lowest BCUT2D eigenvalue weighted by molar-refractivity contribution is 0.0474. The number of benzene rings is 2. The van der Waals surface area contributed by atoms with Gasteiger partial charge in [-0.3, -0.25) is 0 Å². The van der Waals surface area contributed by atoms with Gasteiger partial charge in [0.2, 0.25) is 0 Å². The minimum Gasteiger partial charge on any atom is -0.489 e. The van der Waals surface area contributed by atoms with Crippen molar-refractivity contribution in [2.45, 2.75) is 46.3 Å². The van der Waals surface area contributed by atoms with Crippen molar-refractivity contribution in [1.82, 2.24) is 5.16 Å². The smallest absolute Gasteiger partial charge is 0.338 e. The lowest BCUT2D eigenvalue weighted by Gasteiger charge is -2.10. The second kappa shape index (κ2) is 8.58. The van der Waals surface area contributed by atoms with E-state index in [2.05, 4.69) is 11.2 Å². The van der Waals surface area contributed by atoms with Crippen LogP contribution in [0, 0.1) is 13.8 Å². The van der Waals surface area contributed by atoms with Gasteiger partial charge in [0.25, 0.3) is 0 Å². The van der Waals surface area contributed by atoms with Crippen molar-refractivity contribution < 1.29 is 23.2 Å². The summed E-state index contributed by atoms with van der Waals surface area (Å²) >= 11 is 0. The second-order valence-electron chi connectivity index (χ2n) is 8.25. The maximum absolute atomic E-state index is 12.6. The number of ether oxygens (including phenoxy) is 2. The molecule has 33 heavy (non-hydrogen) atoms. The normalized spacial score (nSPS) is 12.7. The molecule has 7 nitrogen and oxygen atoms in total. The fourth-order valence-corrected chi connectivity index (χ4v) is 4.19. The van der Waals surface area contributed by atoms with Crippen molar-refractivity contribution in [2.24, 2.45) is 0 Å². The van der Waals surface area contributed by atoms with Gasteiger partial charge in [0.15, 0.2) is 0 Å². The molecule has 1 aliphatic carbocycles. The van der Waals surface area contributed by atoms with Gasteiger partial charge in [-0.1, -0.05) is 5.16 Å². The number of rotatable bonds is 6. The van der Waals surface area contributed by atoms with Gasteiger partial charge in [-0.15, -0.1) is 0 Å². The number of hydrogen-bond donors (Lipinski definition) is 0. The molecule has 0 amide bonds. The fraction of sp³-hybridized carbons (Fsp3) is 0.269. The highest BCUT2D eigenvalue weighted by Crippen LogP contribution is 2.29. The molecule has 168 valence electrons. The molecule has 2 aromatic heterocycles. The van der Waals surface area contributed by atoms with E-state index in [1.54, 1.807) is 24.3 Å². The second-order valence-corrected chi connectivity index (χ2v) is 8.25. The van der Waals surface area contributed by atoms with E-state index in [-0.39, 0.29) is 6.61 Å². The first-order valence-electron chi connectivity index (χ1n) is 10.9. The van der Waals surface area contributed by atoms with E-state index in [9.17, 15) is 9.59 Å². The molecule has 0 saturated heterocycles. The van der Waals surface area contributed by atoms with Crippen LogP contribution in [0.2, 0.25) is 0 Å². The Hall–Kier alpha value is -3.87. The first kappa shape index (κ1) is 21.0. The topological polar surface area (TPSA) is 91.8 Å². The molecule has 7 heteroatoms. The van der Waals surface area contributed by atoms with Gasteiger partial charge in [-0.05, 0) is 80.6 Å². The maximum Gasteiger partial charge on any atom is 0.338 e. The van der Waals surface area contributed by atoms with E-state index in [1.165, 1.54) is 17.2 Å². The summed E-state index contributed by atoms with van der Waals surface area (Å²) < 4.78 is 21.8. The van der Waals surface area contributed by atoms with Gasteiger partial charge >= 0.3 is 11.6 Å². The molecule has 0 spiro atoms. The van der Waals surface area contributed by atoms with E-state index in [0.717, 1.165) is 41.7 Å². The summed E-state index contributed by atoms with van der Waals surface area (Å²) in [6, 6.07) is 12.1. The average Bonchev–Trinajstić information content (AvgIpc) is 3.40. The molecule has 0 N–H and O–H groups in total. The van der Waals surface area contributed by atoms with Crippen LogP contribution in [-0.2, 0) is 30.8 Å². The van der Waals surface area contributed by atoms with Gasteiger partial charge in [0, 0.05) is 17.0 Å². The monoisotopic (exact) mass is 445 g/mol. The molecule has 0 aliphatic heterocycles. The number of nitrogens with zero attached hydrogens (tertiary/aromatic N) is 1. The third-order valence-corrected chi connectivity index (χ3v) is 6.06. The number of aryl methyl sites for hydroxylation is 4. The lowest BCUT2D eigenvalue weighted by Crippen LogP contribution is -2.08. The largest absolute Gasteiger partial charge is 0.489 e. The highest BCUT2D eigenvalue weighted by molar-refractivity contribution is 5.90. The summed E-state index contributed by atoms with van der Waals surface area (Å²) in [5, 5.41) is 4.72. The summed E-state index contributed by atoms with van der Waals surface area (Å²) in [6.45, 7) is 4.02. The van der Waals surface area contributed by atoms with Gasteiger partial charge < -0.3 is 18.4 Å². The molecule has 0 bridgehead atoms. The highest BCUT2D eigenvalue weighted by Gasteiger charge is 2.16. The summed E-state index contributed by atoms with van der Waals surface area (Å²) in [5.41, 5.74) is 5.30. The van der Waals surface area contributed by atoms with Crippen LogP contribution < -0.4 is 10.4 Å². The molecule has 4 aromatic rings. The molecule has 0 fully saturated rings. The maximum atomic E-state index is 12.6. The van der Waals surface area contributed by atoms with Crippen LogP contribution >= 0.6 is 0 Å². The van der Waals surface area contributed by atoms with E-state index >= 15 is 0 Å². The predicted molar refractivity (Wildman–Crippen MR) is 120 cm³/mol. The standard InChI is InChI=1S/C26H23NO6/c1-15-23(16(2)33-27-15)14-30-21-8-6-17(7-9-21)26(29)31-13-20-12-25(28)32-24-11-19-5-3-4-18(19)10-22(20)24/h6-12H,3-5,13-14H2,1-2H3. The quantitative estimate of drug-likeness (QED) is 0.310. The number of esters is 1. The van der Waals surface area contributed by atoms with Crippen molar-refractivity contribution in [3.63, 3.8) is 0 Å². The Balaban J connectivity index is 1.27. The van der Waals surface area contributed by atoms with Gasteiger partial charge in [-0.2, -0.15) is 0 Å². The number of hydrogen-bond acceptors (Lipinski definition) is 7. The molecule has 2 aromatic carbocycles. The molecular formula is C26H23NO6. The fourth-order valence-electron chi connectivity index (χ4n) is 4.19. The summed E-state index contributed by atoms with van der Waals surface area (Å²) in [6.07, 6.45) is 3.10. The van der Waals surface area contributed by atoms with Crippen LogP contribution in [0.15, 0.2) is 56.2 Å². The van der Waals surface area contributed by atoms with Crippen LogP contribution in [0.3, 0.4) is 0 Å². The Morgan fingerprint density at radius 2 is 1.79 bits per heavy atom. The molecular weight excluding hydrogens is 422 g/mol. The zero-order chi connectivity index (χ0) is 22.9. The Morgan fingerprint density at radius 3 is 2.52 bits per heavy atom. The van der Waals surface area contributed by atoms with Gasteiger partial charge in [-0.25, -0.2) is 9.59 Å². The first-order chi connectivity index (χ1) is 16.0. The number of carbonyl (C=O) groups excluding carboxylic acids is 1. The van der Waals surface area contributed by atoms with E-state index in [4.69, 9.17) is 18.4 Å². The van der Waals surface area contributed by atoms with Crippen LogP contribution in [0.5, 0.6) is 5.75 Å². The lowest BCUT2D eigenvalue weighted by atomic mass is 10.0. The van der Waals surface area contributed by atoms with Gasteiger partial charge in [0.1, 0.15) is 30.3 Å². The van der Waals surface area contributed by atoms with Crippen molar-refractivity contribution in [2.75, 3.05) is 0 Å². The number of carbonyl (C=O) groups is 1. The highest BCUT2D eigenvalue weighted by atomic mass is 16.5. The first-order valence-corrected chi connectivity index (χ1v) is 10.9. The SMILES string of the molecule is Cc1noc(C)c1COc1ccc(C(=O)OCc2cc(=O)oc3cc4c(cc23)CCC4)cc1. The summed E-state index contributed by atoms with van der Waals surface area (Å²) in [7, 11) is 0. The van der Waals surface area contributed by atoms with Crippen LogP contribution in [0.25, 0.3) is 11.0 Å². The minimum absolute atomic E-state index is 0.00991. The minimum atomic E-state index is -0.477. The molecule has 2 heterocycles. The predicted octanol–water partition coefficient (Wildman–Crippen LogP) is 4.82. The molecule has 0 unspecified atom stereocenters. The van der Waals surface area contributed by atoms with E-state index < -0.39 is 11.6 Å². The number of aromatic nitrogens is 1. The van der Waals surface area contributed by atoms with Crippen LogP contribution in [0.1, 0.15) is 50.5 Å². The Bertz CT molecular complexity index is 1380. The molecule has 0 radical (unpaired) electrons. The Morgan fingerprint density at radius 1 is 1.03 bits per heavy atom. The Kier molecular flexibility index (Phi) is 5.46. The van der Waals surface area contributed by atoms with E-state index in [0.29, 0.717) is 29.1 Å². The molecule has 1 aliphatic rings. The van der Waals surface area contributed by atoms with Crippen molar-refractivity contribution in [3.8, 4) is 5.75 Å². The molecule has 5 rings (SSSR count). The van der Waals surface area contributed by atoms with E-state index in [1.807, 2.05) is 19.9 Å². The van der Waals surface area contributed by atoms with Crippen molar-refractivity contribution in [3.05, 3.63) is 92.2 Å². The van der Waals surface area contributed by atoms with Crippen LogP contribution in [-0.4, -0.2) is 11.1 Å². The van der Waals surface area contributed by atoms with Crippen molar-refractivity contribution in [1.29, 1.82) is 0 Å².